The second-order valence-electron chi connectivity index (χ2n) is 4.16. The molecule has 0 saturated carbocycles. The minimum Gasteiger partial charge on any atom is -0.323 e. The molecule has 1 aromatic carbocycles. The molecule has 1 atom stereocenters. The second kappa shape index (κ2) is 3.65. The predicted octanol–water partition coefficient (Wildman–Crippen LogP) is 2.65. The maximum Gasteiger partial charge on any atom is 0.227 e. The number of carbonyl (C=O) groups excluding carboxylic acids is 1. The zero-order valence-electron chi connectivity index (χ0n) is 8.93. The summed E-state index contributed by atoms with van der Waals surface area (Å²) in [5, 5.41) is 2.67. The van der Waals surface area contributed by atoms with E-state index in [-0.39, 0.29) is 17.6 Å². The van der Waals surface area contributed by atoms with E-state index >= 15 is 0 Å². The van der Waals surface area contributed by atoms with Crippen LogP contribution in [0.2, 0.25) is 0 Å². The van der Waals surface area contributed by atoms with Crippen molar-refractivity contribution in [1.29, 1.82) is 0 Å². The molecule has 0 spiro atoms. The molecule has 1 unspecified atom stereocenters. The van der Waals surface area contributed by atoms with Gasteiger partial charge in [-0.3, -0.25) is 4.79 Å². The first-order valence-electron chi connectivity index (χ1n) is 5.18. The molecular formula is C12H14FNO. The van der Waals surface area contributed by atoms with Crippen LogP contribution in [0.3, 0.4) is 0 Å². The molecule has 0 radical (unpaired) electrons. The van der Waals surface area contributed by atoms with E-state index in [1.807, 2.05) is 13.0 Å². The molecule has 0 fully saturated rings. The lowest BCUT2D eigenvalue weighted by molar-refractivity contribution is -0.119. The SMILES string of the molecule is Cc1ccc2c(c1F)NC(=O)C(C)CC2. The molecule has 15 heavy (non-hydrogen) atoms. The van der Waals surface area contributed by atoms with E-state index < -0.39 is 0 Å². The first-order chi connectivity index (χ1) is 7.09. The summed E-state index contributed by atoms with van der Waals surface area (Å²) in [5.41, 5.74) is 1.85. The summed E-state index contributed by atoms with van der Waals surface area (Å²) in [6, 6.07) is 3.66. The number of benzene rings is 1. The molecule has 0 aliphatic carbocycles. The van der Waals surface area contributed by atoms with Crippen molar-refractivity contribution in [2.24, 2.45) is 5.92 Å². The monoisotopic (exact) mass is 207 g/mol. The summed E-state index contributed by atoms with van der Waals surface area (Å²) in [5.74, 6) is -0.426. The van der Waals surface area contributed by atoms with E-state index in [0.717, 1.165) is 18.4 Å². The predicted molar refractivity (Wildman–Crippen MR) is 57.3 cm³/mol. The molecule has 0 aromatic heterocycles. The third kappa shape index (κ3) is 1.74. The number of carbonyl (C=O) groups is 1. The highest BCUT2D eigenvalue weighted by Crippen LogP contribution is 2.28. The van der Waals surface area contributed by atoms with Crippen molar-refractivity contribution in [3.8, 4) is 0 Å². The van der Waals surface area contributed by atoms with Crippen LogP contribution in [0.4, 0.5) is 10.1 Å². The molecule has 2 nitrogen and oxygen atoms in total. The molecule has 1 amide bonds. The minimum absolute atomic E-state index is 0.0443. The fraction of sp³-hybridized carbons (Fsp3) is 0.417. The first-order valence-corrected chi connectivity index (χ1v) is 5.18. The Morgan fingerprint density at radius 2 is 2.20 bits per heavy atom. The normalized spacial score (nSPS) is 20.5. The second-order valence-corrected chi connectivity index (χ2v) is 4.16. The Morgan fingerprint density at radius 1 is 1.47 bits per heavy atom. The molecular weight excluding hydrogens is 193 g/mol. The van der Waals surface area contributed by atoms with Gasteiger partial charge in [0.25, 0.3) is 0 Å². The van der Waals surface area contributed by atoms with Crippen LogP contribution in [0, 0.1) is 18.7 Å². The van der Waals surface area contributed by atoms with Crippen LogP contribution >= 0.6 is 0 Å². The summed E-state index contributed by atoms with van der Waals surface area (Å²) in [7, 11) is 0. The lowest BCUT2D eigenvalue weighted by atomic mass is 10.0. The standard InChI is InChI=1S/C12H14FNO/c1-7-3-5-9-6-4-8(2)12(15)14-11(9)10(7)13/h3,5,8H,4,6H2,1-2H3,(H,14,15). The van der Waals surface area contributed by atoms with Gasteiger partial charge >= 0.3 is 0 Å². The van der Waals surface area contributed by atoms with Crippen molar-refractivity contribution in [2.45, 2.75) is 26.7 Å². The molecule has 80 valence electrons. The maximum absolute atomic E-state index is 13.7. The van der Waals surface area contributed by atoms with E-state index in [4.69, 9.17) is 0 Å². The highest BCUT2D eigenvalue weighted by atomic mass is 19.1. The Labute approximate surface area is 88.5 Å². The van der Waals surface area contributed by atoms with Gasteiger partial charge in [0.2, 0.25) is 5.91 Å². The van der Waals surface area contributed by atoms with Gasteiger partial charge in [-0.2, -0.15) is 0 Å². The van der Waals surface area contributed by atoms with Crippen LogP contribution in [-0.2, 0) is 11.2 Å². The summed E-state index contributed by atoms with van der Waals surface area (Å²) < 4.78 is 13.7. The number of hydrogen-bond donors (Lipinski definition) is 1. The Hall–Kier alpha value is -1.38. The van der Waals surface area contributed by atoms with Crippen LogP contribution in [0.5, 0.6) is 0 Å². The lowest BCUT2D eigenvalue weighted by Crippen LogP contribution is -2.19. The van der Waals surface area contributed by atoms with Crippen molar-refractivity contribution < 1.29 is 9.18 Å². The van der Waals surface area contributed by atoms with E-state index in [0.29, 0.717) is 11.3 Å². The number of anilines is 1. The first kappa shape index (κ1) is 10.1. The average Bonchev–Trinajstić information content (AvgIpc) is 2.35. The largest absolute Gasteiger partial charge is 0.323 e. The smallest absolute Gasteiger partial charge is 0.227 e. The van der Waals surface area contributed by atoms with Crippen LogP contribution in [0.1, 0.15) is 24.5 Å². The Balaban J connectivity index is 2.48. The van der Waals surface area contributed by atoms with E-state index in [2.05, 4.69) is 5.32 Å². The van der Waals surface area contributed by atoms with Gasteiger partial charge in [0.15, 0.2) is 0 Å². The summed E-state index contributed by atoms with van der Waals surface area (Å²) in [4.78, 5) is 11.6. The third-order valence-corrected chi connectivity index (χ3v) is 2.96. The van der Waals surface area contributed by atoms with Crippen LogP contribution in [-0.4, -0.2) is 5.91 Å². The van der Waals surface area contributed by atoms with E-state index in [1.54, 1.807) is 13.0 Å². The Kier molecular flexibility index (Phi) is 2.47. The molecule has 2 rings (SSSR count). The number of fused-ring (bicyclic) bond motifs is 1. The van der Waals surface area contributed by atoms with Gasteiger partial charge in [-0.05, 0) is 30.9 Å². The van der Waals surface area contributed by atoms with Crippen LogP contribution < -0.4 is 5.32 Å². The topological polar surface area (TPSA) is 29.1 Å². The van der Waals surface area contributed by atoms with Crippen LogP contribution in [0.25, 0.3) is 0 Å². The number of rotatable bonds is 0. The van der Waals surface area contributed by atoms with Gasteiger partial charge < -0.3 is 5.32 Å². The van der Waals surface area contributed by atoms with E-state index in [9.17, 15) is 9.18 Å². The van der Waals surface area contributed by atoms with Gasteiger partial charge in [-0.15, -0.1) is 0 Å². The average molecular weight is 207 g/mol. The maximum atomic E-state index is 13.7. The van der Waals surface area contributed by atoms with Crippen molar-refractivity contribution in [1.82, 2.24) is 0 Å². The summed E-state index contributed by atoms with van der Waals surface area (Å²) in [6.07, 6.45) is 1.54. The van der Waals surface area contributed by atoms with Crippen molar-refractivity contribution in [3.63, 3.8) is 0 Å². The Bertz CT molecular complexity index is 414. The Morgan fingerprint density at radius 3 is 2.93 bits per heavy atom. The third-order valence-electron chi connectivity index (χ3n) is 2.96. The van der Waals surface area contributed by atoms with Gasteiger partial charge in [0.1, 0.15) is 5.82 Å². The van der Waals surface area contributed by atoms with Gasteiger partial charge in [-0.25, -0.2) is 4.39 Å². The van der Waals surface area contributed by atoms with Crippen molar-refractivity contribution in [2.75, 3.05) is 5.32 Å². The quantitative estimate of drug-likeness (QED) is 0.696. The molecule has 1 aliphatic rings. The summed E-state index contributed by atoms with van der Waals surface area (Å²) in [6.45, 7) is 3.57. The summed E-state index contributed by atoms with van der Waals surface area (Å²) >= 11 is 0. The molecule has 3 heteroatoms. The number of halogens is 1. The van der Waals surface area contributed by atoms with Gasteiger partial charge in [-0.1, -0.05) is 19.1 Å². The molecule has 1 heterocycles. The molecule has 0 bridgehead atoms. The zero-order chi connectivity index (χ0) is 11.0. The van der Waals surface area contributed by atoms with Crippen molar-refractivity contribution in [3.05, 3.63) is 29.1 Å². The fourth-order valence-corrected chi connectivity index (χ4v) is 1.81. The number of hydrogen-bond acceptors (Lipinski definition) is 1. The van der Waals surface area contributed by atoms with E-state index in [1.165, 1.54) is 0 Å². The molecule has 1 N–H and O–H groups in total. The van der Waals surface area contributed by atoms with Gasteiger partial charge in [0.05, 0.1) is 5.69 Å². The van der Waals surface area contributed by atoms with Crippen molar-refractivity contribution >= 4 is 11.6 Å². The molecule has 1 aromatic rings. The van der Waals surface area contributed by atoms with Crippen LogP contribution in [0.15, 0.2) is 12.1 Å². The van der Waals surface area contributed by atoms with Gasteiger partial charge in [0, 0.05) is 5.92 Å². The molecule has 0 saturated heterocycles. The number of amides is 1. The zero-order valence-corrected chi connectivity index (χ0v) is 8.93. The molecule has 1 aliphatic heterocycles. The highest BCUT2D eigenvalue weighted by molar-refractivity contribution is 5.94. The number of nitrogens with one attached hydrogen (secondary N) is 1. The number of aryl methyl sites for hydroxylation is 2. The fourth-order valence-electron chi connectivity index (χ4n) is 1.81. The minimum atomic E-state index is -0.296. The lowest BCUT2D eigenvalue weighted by Gasteiger charge is -2.09. The highest BCUT2D eigenvalue weighted by Gasteiger charge is 2.22.